The van der Waals surface area contributed by atoms with Crippen LogP contribution in [0.5, 0.6) is 0 Å². The third kappa shape index (κ3) is 4.44. The van der Waals surface area contributed by atoms with Gasteiger partial charge >= 0.3 is 12.1 Å². The van der Waals surface area contributed by atoms with Gasteiger partial charge in [0, 0.05) is 6.54 Å². The average molecular weight is 354 g/mol. The maximum atomic E-state index is 12.7. The molecule has 0 radical (unpaired) electrons. The van der Waals surface area contributed by atoms with Crippen LogP contribution in [0.4, 0.5) is 4.79 Å². The van der Waals surface area contributed by atoms with E-state index in [0.717, 1.165) is 32.1 Å². The summed E-state index contributed by atoms with van der Waals surface area (Å²) in [4.78, 5) is 38.1. The topological polar surface area (TPSA) is 95.9 Å². The highest BCUT2D eigenvalue weighted by atomic mass is 16.6. The molecule has 142 valence electrons. The molecule has 2 N–H and O–H groups in total. The molecule has 7 nitrogen and oxygen atoms in total. The van der Waals surface area contributed by atoms with Gasteiger partial charge in [0.25, 0.3) is 0 Å². The predicted molar refractivity (Wildman–Crippen MR) is 92.1 cm³/mol. The van der Waals surface area contributed by atoms with Crippen molar-refractivity contribution in [1.29, 1.82) is 0 Å². The highest BCUT2D eigenvalue weighted by Gasteiger charge is 2.54. The van der Waals surface area contributed by atoms with E-state index < -0.39 is 23.2 Å². The van der Waals surface area contributed by atoms with Crippen LogP contribution in [0.15, 0.2) is 0 Å². The lowest BCUT2D eigenvalue weighted by atomic mass is 9.73. The van der Waals surface area contributed by atoms with Gasteiger partial charge in [0.2, 0.25) is 5.91 Å². The van der Waals surface area contributed by atoms with Gasteiger partial charge in [-0.2, -0.15) is 0 Å². The summed E-state index contributed by atoms with van der Waals surface area (Å²) >= 11 is 0. The number of hydrogen-bond acceptors (Lipinski definition) is 4. The van der Waals surface area contributed by atoms with E-state index >= 15 is 0 Å². The van der Waals surface area contributed by atoms with Crippen LogP contribution in [0.1, 0.15) is 65.7 Å². The van der Waals surface area contributed by atoms with E-state index in [4.69, 9.17) is 4.74 Å². The van der Waals surface area contributed by atoms with Crippen molar-refractivity contribution in [3.63, 3.8) is 0 Å². The second-order valence-electron chi connectivity index (χ2n) is 8.07. The standard InChI is InChI=1S/C18H30N2O5/c1-17(2,3)25-16(24)19-12-14(21)20-11-7-10-18(20,15(22)23)13-8-5-4-6-9-13/h13H,4-12H2,1-3H3,(H,19,24)(H,22,23)/t18-/m1/s1. The number of carbonyl (C=O) groups is 3. The number of nitrogens with zero attached hydrogens (tertiary/aromatic N) is 1. The number of alkyl carbamates (subject to hydrolysis) is 1. The van der Waals surface area contributed by atoms with E-state index in [9.17, 15) is 19.5 Å². The van der Waals surface area contributed by atoms with Gasteiger partial charge in [0.15, 0.2) is 0 Å². The third-order valence-electron chi connectivity index (χ3n) is 5.16. The molecule has 2 amide bonds. The van der Waals surface area contributed by atoms with Crippen LogP contribution in [0, 0.1) is 5.92 Å². The maximum absolute atomic E-state index is 12.7. The summed E-state index contributed by atoms with van der Waals surface area (Å²) in [7, 11) is 0. The van der Waals surface area contributed by atoms with E-state index in [-0.39, 0.29) is 18.4 Å². The fourth-order valence-corrected chi connectivity index (χ4v) is 4.15. The molecule has 0 unspecified atom stereocenters. The molecular weight excluding hydrogens is 324 g/mol. The van der Waals surface area contributed by atoms with Crippen molar-refractivity contribution in [3.8, 4) is 0 Å². The van der Waals surface area contributed by atoms with Gasteiger partial charge in [-0.3, -0.25) is 4.79 Å². The van der Waals surface area contributed by atoms with E-state index in [1.165, 1.54) is 4.90 Å². The quantitative estimate of drug-likeness (QED) is 0.809. The van der Waals surface area contributed by atoms with Crippen LogP contribution in [-0.4, -0.2) is 52.2 Å². The molecule has 1 saturated heterocycles. The molecule has 2 aliphatic rings. The summed E-state index contributed by atoms with van der Waals surface area (Å²) in [6.45, 7) is 5.42. The number of hydrogen-bond donors (Lipinski definition) is 2. The Bertz CT molecular complexity index is 522. The largest absolute Gasteiger partial charge is 0.479 e. The van der Waals surface area contributed by atoms with Crippen LogP contribution in [0.2, 0.25) is 0 Å². The van der Waals surface area contributed by atoms with Crippen LogP contribution in [0.25, 0.3) is 0 Å². The van der Waals surface area contributed by atoms with Gasteiger partial charge < -0.3 is 20.1 Å². The zero-order valence-electron chi connectivity index (χ0n) is 15.5. The number of carboxylic acid groups (broad SMARTS) is 1. The average Bonchev–Trinajstić information content (AvgIpc) is 2.98. The Morgan fingerprint density at radius 2 is 1.80 bits per heavy atom. The molecule has 1 aliphatic heterocycles. The van der Waals surface area contributed by atoms with Gasteiger partial charge in [0.05, 0.1) is 0 Å². The van der Waals surface area contributed by atoms with Crippen molar-refractivity contribution in [2.45, 2.75) is 76.9 Å². The van der Waals surface area contributed by atoms with E-state index in [2.05, 4.69) is 5.32 Å². The summed E-state index contributed by atoms with van der Waals surface area (Å²) in [5, 5.41) is 12.4. The summed E-state index contributed by atoms with van der Waals surface area (Å²) in [6.07, 6.45) is 5.34. The van der Waals surface area contributed by atoms with Gasteiger partial charge in [0.1, 0.15) is 17.7 Å². The van der Waals surface area contributed by atoms with E-state index in [0.29, 0.717) is 19.4 Å². The number of rotatable bonds is 4. The fourth-order valence-electron chi connectivity index (χ4n) is 4.15. The molecule has 1 heterocycles. The minimum absolute atomic E-state index is 0.00766. The van der Waals surface area contributed by atoms with E-state index in [1.54, 1.807) is 20.8 Å². The SMILES string of the molecule is CC(C)(C)OC(=O)NCC(=O)N1CCC[C@]1(C(=O)O)C1CCCCC1. The zero-order valence-corrected chi connectivity index (χ0v) is 15.5. The lowest BCUT2D eigenvalue weighted by Crippen LogP contribution is -2.59. The molecule has 0 aromatic carbocycles. The van der Waals surface area contributed by atoms with Crippen molar-refractivity contribution in [2.24, 2.45) is 5.92 Å². The molecule has 2 rings (SSSR count). The first-order valence-electron chi connectivity index (χ1n) is 9.17. The number of carbonyl (C=O) groups excluding carboxylic acids is 2. The van der Waals surface area contributed by atoms with Gasteiger partial charge in [-0.15, -0.1) is 0 Å². The molecule has 0 aromatic rings. The Morgan fingerprint density at radius 1 is 1.16 bits per heavy atom. The number of aliphatic carboxylic acids is 1. The van der Waals surface area contributed by atoms with Crippen molar-refractivity contribution < 1.29 is 24.2 Å². The predicted octanol–water partition coefficient (Wildman–Crippen LogP) is 2.54. The summed E-state index contributed by atoms with van der Waals surface area (Å²) < 4.78 is 5.13. The Morgan fingerprint density at radius 3 is 2.36 bits per heavy atom. The minimum Gasteiger partial charge on any atom is -0.479 e. The second-order valence-corrected chi connectivity index (χ2v) is 8.07. The molecule has 0 spiro atoms. The first-order chi connectivity index (χ1) is 11.7. The molecular formula is C18H30N2O5. The van der Waals surface area contributed by atoms with Gasteiger partial charge in [-0.05, 0) is 52.4 Å². The maximum Gasteiger partial charge on any atom is 0.408 e. The van der Waals surface area contributed by atoms with Crippen molar-refractivity contribution in [2.75, 3.05) is 13.1 Å². The Hall–Kier alpha value is -1.79. The lowest BCUT2D eigenvalue weighted by molar-refractivity contribution is -0.161. The second kappa shape index (κ2) is 7.62. The minimum atomic E-state index is -1.12. The zero-order chi connectivity index (χ0) is 18.7. The number of carboxylic acids is 1. The fraction of sp³-hybridized carbons (Fsp3) is 0.833. The Kier molecular flexibility index (Phi) is 5.95. The van der Waals surface area contributed by atoms with Crippen LogP contribution in [-0.2, 0) is 14.3 Å². The first-order valence-corrected chi connectivity index (χ1v) is 9.17. The Labute approximate surface area is 149 Å². The summed E-state index contributed by atoms with van der Waals surface area (Å²) in [5.74, 6) is -1.27. The highest BCUT2D eigenvalue weighted by molar-refractivity contribution is 5.90. The van der Waals surface area contributed by atoms with E-state index in [1.807, 2.05) is 0 Å². The molecule has 1 saturated carbocycles. The first kappa shape index (κ1) is 19.5. The highest BCUT2D eigenvalue weighted by Crippen LogP contribution is 2.43. The Balaban J connectivity index is 2.06. The summed E-state index contributed by atoms with van der Waals surface area (Å²) in [6, 6.07) is 0. The summed E-state index contributed by atoms with van der Waals surface area (Å²) in [5.41, 5.74) is -1.76. The number of likely N-dealkylation sites (tertiary alicyclic amines) is 1. The molecule has 25 heavy (non-hydrogen) atoms. The number of ether oxygens (including phenoxy) is 1. The molecule has 0 bridgehead atoms. The molecule has 1 aliphatic carbocycles. The van der Waals surface area contributed by atoms with Gasteiger partial charge in [-0.1, -0.05) is 19.3 Å². The van der Waals surface area contributed by atoms with Crippen LogP contribution in [0.3, 0.4) is 0 Å². The van der Waals surface area contributed by atoms with Crippen molar-refractivity contribution >= 4 is 18.0 Å². The third-order valence-corrected chi connectivity index (χ3v) is 5.16. The van der Waals surface area contributed by atoms with Crippen molar-refractivity contribution in [1.82, 2.24) is 10.2 Å². The number of nitrogens with one attached hydrogen (secondary N) is 1. The van der Waals surface area contributed by atoms with Crippen LogP contribution >= 0.6 is 0 Å². The van der Waals surface area contributed by atoms with Crippen LogP contribution < -0.4 is 5.32 Å². The smallest absolute Gasteiger partial charge is 0.408 e. The molecule has 1 atom stereocenters. The monoisotopic (exact) mass is 354 g/mol. The molecule has 2 fully saturated rings. The lowest BCUT2D eigenvalue weighted by Gasteiger charge is -2.42. The van der Waals surface area contributed by atoms with Gasteiger partial charge in [-0.25, -0.2) is 9.59 Å². The normalized spacial score (nSPS) is 24.8. The van der Waals surface area contributed by atoms with Crippen molar-refractivity contribution in [3.05, 3.63) is 0 Å². The molecule has 7 heteroatoms. The molecule has 0 aromatic heterocycles. The number of amides is 2.